The van der Waals surface area contributed by atoms with E-state index in [2.05, 4.69) is 0 Å². The maximum atomic E-state index is 13.7. The number of nitro benzene ring substituents is 1. The molecular formula is C11H12F2N2O3. The molecular weight excluding hydrogens is 246 g/mol. The van der Waals surface area contributed by atoms with E-state index in [1.165, 1.54) is 4.90 Å². The first kappa shape index (κ1) is 12.7. The predicted molar refractivity (Wildman–Crippen MR) is 60.4 cm³/mol. The normalized spacial score (nSPS) is 19.3. The van der Waals surface area contributed by atoms with Gasteiger partial charge in [0, 0.05) is 31.7 Å². The third-order valence-electron chi connectivity index (χ3n) is 3.10. The molecule has 98 valence electrons. The number of benzene rings is 1. The average Bonchev–Trinajstić information content (AvgIpc) is 2.80. The van der Waals surface area contributed by atoms with E-state index in [-0.39, 0.29) is 24.8 Å². The third-order valence-corrected chi connectivity index (χ3v) is 3.10. The summed E-state index contributed by atoms with van der Waals surface area (Å²) in [6.45, 7) is 0.589. The highest BCUT2D eigenvalue weighted by Gasteiger charge is 2.31. The molecule has 0 aliphatic carbocycles. The second kappa shape index (κ2) is 4.85. The van der Waals surface area contributed by atoms with Crippen LogP contribution in [0.3, 0.4) is 0 Å². The summed E-state index contributed by atoms with van der Waals surface area (Å²) in [5, 5.41) is 19.8. The fraction of sp³-hybridized carbons (Fsp3) is 0.455. The molecule has 0 saturated carbocycles. The fourth-order valence-electron chi connectivity index (χ4n) is 2.16. The van der Waals surface area contributed by atoms with Gasteiger partial charge in [-0.15, -0.1) is 0 Å². The second-order valence-corrected chi connectivity index (χ2v) is 4.27. The zero-order chi connectivity index (χ0) is 13.3. The highest BCUT2D eigenvalue weighted by molar-refractivity contribution is 5.64. The van der Waals surface area contributed by atoms with Crippen molar-refractivity contribution in [2.75, 3.05) is 24.6 Å². The van der Waals surface area contributed by atoms with E-state index in [0.717, 1.165) is 12.1 Å². The molecule has 1 atom stereocenters. The molecule has 1 N–H and O–H groups in total. The number of hydrogen-bond acceptors (Lipinski definition) is 4. The van der Waals surface area contributed by atoms with Gasteiger partial charge in [0.1, 0.15) is 0 Å². The van der Waals surface area contributed by atoms with Gasteiger partial charge in [0.05, 0.1) is 4.92 Å². The largest absolute Gasteiger partial charge is 0.396 e. The number of aliphatic hydroxyl groups is 1. The van der Waals surface area contributed by atoms with Crippen molar-refractivity contribution in [2.45, 2.75) is 6.42 Å². The summed E-state index contributed by atoms with van der Waals surface area (Å²) in [7, 11) is 0. The van der Waals surface area contributed by atoms with E-state index in [1.807, 2.05) is 0 Å². The summed E-state index contributed by atoms with van der Waals surface area (Å²) in [6, 6.07) is 1.70. The number of rotatable bonds is 3. The summed E-state index contributed by atoms with van der Waals surface area (Å²) in [4.78, 5) is 11.5. The highest BCUT2D eigenvalue weighted by atomic mass is 19.2. The molecule has 1 saturated heterocycles. The average molecular weight is 258 g/mol. The van der Waals surface area contributed by atoms with Gasteiger partial charge in [-0.2, -0.15) is 0 Å². The van der Waals surface area contributed by atoms with Crippen LogP contribution in [0.4, 0.5) is 20.2 Å². The van der Waals surface area contributed by atoms with Gasteiger partial charge < -0.3 is 10.0 Å². The van der Waals surface area contributed by atoms with Crippen LogP contribution in [0.5, 0.6) is 0 Å². The van der Waals surface area contributed by atoms with Crippen molar-refractivity contribution < 1.29 is 18.8 Å². The monoisotopic (exact) mass is 258 g/mol. The Morgan fingerprint density at radius 2 is 2.22 bits per heavy atom. The summed E-state index contributed by atoms with van der Waals surface area (Å²) in [6.07, 6.45) is 0.601. The van der Waals surface area contributed by atoms with E-state index in [1.54, 1.807) is 0 Å². The van der Waals surface area contributed by atoms with Gasteiger partial charge in [-0.25, -0.2) is 8.78 Å². The Morgan fingerprint density at radius 3 is 2.78 bits per heavy atom. The van der Waals surface area contributed by atoms with Crippen LogP contribution >= 0.6 is 0 Å². The number of nitro groups is 1. The molecule has 1 heterocycles. The molecule has 1 aromatic carbocycles. The summed E-state index contributed by atoms with van der Waals surface area (Å²) in [5.41, 5.74) is -0.775. The predicted octanol–water partition coefficient (Wildman–Crippen LogP) is 1.69. The second-order valence-electron chi connectivity index (χ2n) is 4.27. The van der Waals surface area contributed by atoms with Crippen LogP contribution in [0.15, 0.2) is 12.1 Å². The lowest BCUT2D eigenvalue weighted by Crippen LogP contribution is -2.23. The van der Waals surface area contributed by atoms with Gasteiger partial charge in [0.2, 0.25) is 0 Å². The van der Waals surface area contributed by atoms with Crippen LogP contribution < -0.4 is 4.90 Å². The Balaban J connectivity index is 2.42. The smallest absolute Gasteiger partial charge is 0.295 e. The van der Waals surface area contributed by atoms with Crippen molar-refractivity contribution in [3.63, 3.8) is 0 Å². The first-order valence-corrected chi connectivity index (χ1v) is 5.52. The van der Waals surface area contributed by atoms with Crippen molar-refractivity contribution >= 4 is 11.4 Å². The summed E-state index contributed by atoms with van der Waals surface area (Å²) >= 11 is 0. The molecule has 1 aliphatic rings. The Labute approximate surface area is 102 Å². The number of anilines is 1. The highest BCUT2D eigenvalue weighted by Crippen LogP contribution is 2.35. The van der Waals surface area contributed by atoms with Gasteiger partial charge >= 0.3 is 0 Å². The molecule has 1 aromatic rings. The Kier molecular flexibility index (Phi) is 3.42. The van der Waals surface area contributed by atoms with Crippen molar-refractivity contribution in [1.82, 2.24) is 0 Å². The molecule has 0 aromatic heterocycles. The maximum Gasteiger partial charge on any atom is 0.295 e. The standard InChI is InChI=1S/C11H12F2N2O3/c12-8-1-2-9(15(17)18)11(10(8)13)14-4-3-7(5-14)6-16/h1-2,7,16H,3-6H2. The topological polar surface area (TPSA) is 66.6 Å². The van der Waals surface area contributed by atoms with Gasteiger partial charge in [-0.3, -0.25) is 10.1 Å². The van der Waals surface area contributed by atoms with Crippen LogP contribution in [-0.2, 0) is 0 Å². The lowest BCUT2D eigenvalue weighted by Gasteiger charge is -2.19. The Bertz CT molecular complexity index is 482. The molecule has 2 rings (SSSR count). The van der Waals surface area contributed by atoms with Crippen LogP contribution in [0.2, 0.25) is 0 Å². The molecule has 0 radical (unpaired) electrons. The first-order chi connectivity index (χ1) is 8.54. The van der Waals surface area contributed by atoms with Gasteiger partial charge in [0.25, 0.3) is 5.69 Å². The van der Waals surface area contributed by atoms with E-state index in [9.17, 15) is 18.9 Å². The van der Waals surface area contributed by atoms with Gasteiger partial charge in [-0.05, 0) is 12.5 Å². The molecule has 1 fully saturated rings. The van der Waals surface area contributed by atoms with Crippen molar-refractivity contribution in [2.24, 2.45) is 5.92 Å². The van der Waals surface area contributed by atoms with Crippen molar-refractivity contribution in [3.05, 3.63) is 33.9 Å². The van der Waals surface area contributed by atoms with Gasteiger partial charge in [-0.1, -0.05) is 0 Å². The van der Waals surface area contributed by atoms with Crippen LogP contribution in [0.1, 0.15) is 6.42 Å². The Morgan fingerprint density at radius 1 is 1.50 bits per heavy atom. The number of hydrogen-bond donors (Lipinski definition) is 1. The zero-order valence-corrected chi connectivity index (χ0v) is 9.47. The van der Waals surface area contributed by atoms with Crippen LogP contribution in [-0.4, -0.2) is 29.7 Å². The molecule has 1 aliphatic heterocycles. The lowest BCUT2D eigenvalue weighted by molar-refractivity contribution is -0.384. The van der Waals surface area contributed by atoms with Crippen molar-refractivity contribution in [3.8, 4) is 0 Å². The van der Waals surface area contributed by atoms with E-state index in [4.69, 9.17) is 5.11 Å². The van der Waals surface area contributed by atoms with E-state index >= 15 is 0 Å². The van der Waals surface area contributed by atoms with Crippen LogP contribution in [0.25, 0.3) is 0 Å². The molecule has 0 bridgehead atoms. The molecule has 5 nitrogen and oxygen atoms in total. The fourth-order valence-corrected chi connectivity index (χ4v) is 2.16. The Hall–Kier alpha value is -1.76. The van der Waals surface area contributed by atoms with Crippen molar-refractivity contribution in [1.29, 1.82) is 0 Å². The minimum atomic E-state index is -1.21. The molecule has 1 unspecified atom stereocenters. The SMILES string of the molecule is O=[N+]([O-])c1ccc(F)c(F)c1N1CCC(CO)C1. The minimum absolute atomic E-state index is 0.0627. The zero-order valence-electron chi connectivity index (χ0n) is 9.47. The molecule has 0 amide bonds. The minimum Gasteiger partial charge on any atom is -0.396 e. The van der Waals surface area contributed by atoms with Gasteiger partial charge in [0.15, 0.2) is 17.3 Å². The third kappa shape index (κ3) is 2.13. The molecule has 18 heavy (non-hydrogen) atoms. The number of aliphatic hydroxyl groups excluding tert-OH is 1. The quantitative estimate of drug-likeness (QED) is 0.661. The maximum absolute atomic E-state index is 13.7. The first-order valence-electron chi connectivity index (χ1n) is 5.52. The van der Waals surface area contributed by atoms with E-state index < -0.39 is 22.2 Å². The van der Waals surface area contributed by atoms with E-state index in [0.29, 0.717) is 13.0 Å². The summed E-state index contributed by atoms with van der Waals surface area (Å²) in [5.74, 6) is -2.38. The number of nitrogens with zero attached hydrogens (tertiary/aromatic N) is 2. The number of halogens is 2. The molecule has 7 heteroatoms. The van der Waals surface area contributed by atoms with Crippen LogP contribution in [0, 0.1) is 27.7 Å². The molecule has 0 spiro atoms. The lowest BCUT2D eigenvalue weighted by atomic mass is 10.1. The summed E-state index contributed by atoms with van der Waals surface area (Å²) < 4.78 is 26.9.